The molecular weight excluding hydrogens is 448 g/mol. The third-order valence-corrected chi connectivity index (χ3v) is 6.25. The van der Waals surface area contributed by atoms with Gasteiger partial charge in [0.25, 0.3) is 5.56 Å². The third-order valence-electron chi connectivity index (χ3n) is 6.25. The highest BCUT2D eigenvalue weighted by molar-refractivity contribution is 5.86. The predicted molar refractivity (Wildman–Crippen MR) is 133 cm³/mol. The summed E-state index contributed by atoms with van der Waals surface area (Å²) >= 11 is 0. The standard InChI is InChI=1S/C24H28N8O3/c1-15-4-6-18(35-15)20-21-22(29-24(25)28-20)32(23(33)16(2)27-21)13-10-30-8-11-31(12-9-30)17-5-7-19(34-3)26-14-17/h4-7,14H,8-13H2,1-3H3,(H2,25,28,29). The maximum absolute atomic E-state index is 13.0. The highest BCUT2D eigenvalue weighted by atomic mass is 16.5. The Bertz CT molecular complexity index is 1410. The average Bonchev–Trinajstić information content (AvgIpc) is 3.31. The van der Waals surface area contributed by atoms with E-state index in [2.05, 4.69) is 29.7 Å². The van der Waals surface area contributed by atoms with E-state index in [-0.39, 0.29) is 11.5 Å². The minimum Gasteiger partial charge on any atom is -0.481 e. The first-order chi connectivity index (χ1) is 16.9. The smallest absolute Gasteiger partial charge is 0.273 e. The molecular formula is C24H28N8O3. The fourth-order valence-corrected chi connectivity index (χ4v) is 4.35. The molecule has 1 aliphatic heterocycles. The third kappa shape index (κ3) is 4.54. The Kier molecular flexibility index (Phi) is 6.08. The Morgan fingerprint density at radius 2 is 1.83 bits per heavy atom. The number of ether oxygens (including phenoxy) is 1. The Morgan fingerprint density at radius 3 is 2.49 bits per heavy atom. The van der Waals surface area contributed by atoms with Crippen molar-refractivity contribution >= 4 is 22.8 Å². The van der Waals surface area contributed by atoms with Crippen LogP contribution in [0.3, 0.4) is 0 Å². The van der Waals surface area contributed by atoms with Crippen LogP contribution in [0.15, 0.2) is 39.7 Å². The lowest BCUT2D eigenvalue weighted by molar-refractivity contribution is 0.248. The molecule has 4 aromatic rings. The maximum Gasteiger partial charge on any atom is 0.273 e. The highest BCUT2D eigenvalue weighted by Crippen LogP contribution is 2.27. The number of hydrogen-bond donors (Lipinski definition) is 1. The Labute approximate surface area is 202 Å². The van der Waals surface area contributed by atoms with Crippen LogP contribution < -0.4 is 20.9 Å². The van der Waals surface area contributed by atoms with E-state index in [0.29, 0.717) is 47.3 Å². The van der Waals surface area contributed by atoms with Crippen molar-refractivity contribution in [2.45, 2.75) is 20.4 Å². The van der Waals surface area contributed by atoms with Crippen molar-refractivity contribution in [3.63, 3.8) is 0 Å². The number of aromatic nitrogens is 5. The zero-order chi connectivity index (χ0) is 24.5. The zero-order valence-corrected chi connectivity index (χ0v) is 20.1. The largest absolute Gasteiger partial charge is 0.481 e. The van der Waals surface area contributed by atoms with Crippen LogP contribution >= 0.6 is 0 Å². The number of hydrogen-bond acceptors (Lipinski definition) is 10. The summed E-state index contributed by atoms with van der Waals surface area (Å²) in [5, 5.41) is 0. The van der Waals surface area contributed by atoms with Crippen LogP contribution in [0.2, 0.25) is 0 Å². The first-order valence-electron chi connectivity index (χ1n) is 11.5. The molecule has 11 heteroatoms. The van der Waals surface area contributed by atoms with Gasteiger partial charge in [0, 0.05) is 45.3 Å². The minimum atomic E-state index is -0.180. The number of anilines is 2. The van der Waals surface area contributed by atoms with Gasteiger partial charge in [-0.15, -0.1) is 0 Å². The van der Waals surface area contributed by atoms with Gasteiger partial charge < -0.3 is 19.8 Å². The topological polar surface area (TPSA) is 128 Å². The average molecular weight is 477 g/mol. The molecule has 35 heavy (non-hydrogen) atoms. The van der Waals surface area contributed by atoms with Gasteiger partial charge in [0.05, 0.1) is 19.0 Å². The Balaban J connectivity index is 1.35. The minimum absolute atomic E-state index is 0.0714. The molecule has 2 N–H and O–H groups in total. The molecule has 0 saturated carbocycles. The van der Waals surface area contributed by atoms with Gasteiger partial charge in [0.15, 0.2) is 11.4 Å². The van der Waals surface area contributed by atoms with E-state index in [4.69, 9.17) is 14.9 Å². The number of furan rings is 1. The van der Waals surface area contributed by atoms with Gasteiger partial charge in [0.1, 0.15) is 22.7 Å². The first-order valence-corrected chi connectivity index (χ1v) is 11.5. The van der Waals surface area contributed by atoms with Crippen LogP contribution in [-0.4, -0.2) is 69.2 Å². The lowest BCUT2D eigenvalue weighted by Gasteiger charge is -2.36. The van der Waals surface area contributed by atoms with E-state index in [9.17, 15) is 4.79 Å². The fraction of sp³-hybridized carbons (Fsp3) is 0.375. The molecule has 182 valence electrons. The zero-order valence-electron chi connectivity index (χ0n) is 20.1. The second kappa shape index (κ2) is 9.34. The molecule has 5 heterocycles. The van der Waals surface area contributed by atoms with Gasteiger partial charge in [-0.1, -0.05) is 0 Å². The number of fused-ring (bicyclic) bond motifs is 1. The van der Waals surface area contributed by atoms with Crippen molar-refractivity contribution in [2.75, 3.05) is 50.5 Å². The van der Waals surface area contributed by atoms with Gasteiger partial charge in [0.2, 0.25) is 11.8 Å². The molecule has 0 spiro atoms. The van der Waals surface area contributed by atoms with Crippen LogP contribution in [0, 0.1) is 13.8 Å². The number of pyridine rings is 1. The summed E-state index contributed by atoms with van der Waals surface area (Å²) in [5.74, 6) is 1.97. The molecule has 11 nitrogen and oxygen atoms in total. The predicted octanol–water partition coefficient (Wildman–Crippen LogP) is 1.87. The van der Waals surface area contributed by atoms with Crippen molar-refractivity contribution in [2.24, 2.45) is 0 Å². The molecule has 4 aromatic heterocycles. The van der Waals surface area contributed by atoms with Crippen LogP contribution in [-0.2, 0) is 6.54 Å². The lowest BCUT2D eigenvalue weighted by Crippen LogP contribution is -2.47. The summed E-state index contributed by atoms with van der Waals surface area (Å²) in [6, 6.07) is 7.57. The molecule has 0 amide bonds. The molecule has 1 aliphatic rings. The van der Waals surface area contributed by atoms with E-state index >= 15 is 0 Å². The number of aryl methyl sites for hydroxylation is 2. The van der Waals surface area contributed by atoms with E-state index in [1.807, 2.05) is 37.4 Å². The van der Waals surface area contributed by atoms with Gasteiger partial charge >= 0.3 is 0 Å². The Hall–Kier alpha value is -3.99. The summed E-state index contributed by atoms with van der Waals surface area (Å²) in [4.78, 5) is 35.2. The van der Waals surface area contributed by atoms with Gasteiger partial charge in [-0.05, 0) is 32.0 Å². The Morgan fingerprint density at radius 1 is 1.03 bits per heavy atom. The van der Waals surface area contributed by atoms with Gasteiger partial charge in [-0.25, -0.2) is 15.0 Å². The second-order valence-corrected chi connectivity index (χ2v) is 8.55. The number of nitrogens with zero attached hydrogens (tertiary/aromatic N) is 7. The maximum atomic E-state index is 13.0. The van der Waals surface area contributed by atoms with Crippen LogP contribution in [0.5, 0.6) is 5.88 Å². The van der Waals surface area contributed by atoms with Crippen molar-refractivity contribution in [3.8, 4) is 17.3 Å². The van der Waals surface area contributed by atoms with E-state index in [1.165, 1.54) is 0 Å². The SMILES string of the molecule is COc1ccc(N2CCN(CCn3c(=O)c(C)nc4c(-c5ccc(C)o5)nc(N)nc43)CC2)cn1. The fourth-order valence-electron chi connectivity index (χ4n) is 4.35. The van der Waals surface area contributed by atoms with Crippen LogP contribution in [0.4, 0.5) is 11.6 Å². The first kappa shape index (κ1) is 22.8. The summed E-state index contributed by atoms with van der Waals surface area (Å²) in [6.45, 7) is 8.21. The van der Waals surface area contributed by atoms with E-state index in [0.717, 1.165) is 37.6 Å². The van der Waals surface area contributed by atoms with Crippen LogP contribution in [0.1, 0.15) is 11.5 Å². The molecule has 0 radical (unpaired) electrons. The summed E-state index contributed by atoms with van der Waals surface area (Å²) < 4.78 is 12.6. The van der Waals surface area contributed by atoms with Gasteiger partial charge in [-0.2, -0.15) is 4.98 Å². The number of nitrogen functional groups attached to an aromatic ring is 1. The normalized spacial score (nSPS) is 14.5. The van der Waals surface area contributed by atoms with Crippen molar-refractivity contribution in [1.82, 2.24) is 29.4 Å². The molecule has 5 rings (SSSR count). The van der Waals surface area contributed by atoms with E-state index < -0.39 is 0 Å². The van der Waals surface area contributed by atoms with Crippen molar-refractivity contribution in [3.05, 3.63) is 52.3 Å². The number of piperazine rings is 1. The number of rotatable bonds is 6. The van der Waals surface area contributed by atoms with Crippen molar-refractivity contribution < 1.29 is 9.15 Å². The quantitative estimate of drug-likeness (QED) is 0.440. The number of nitrogens with two attached hydrogens (primary N) is 1. The summed E-state index contributed by atoms with van der Waals surface area (Å²) in [5.41, 5.74) is 8.70. The van der Waals surface area contributed by atoms with Crippen LogP contribution in [0.25, 0.3) is 22.6 Å². The molecule has 0 aromatic carbocycles. The molecule has 0 unspecified atom stereocenters. The van der Waals surface area contributed by atoms with Crippen molar-refractivity contribution in [1.29, 1.82) is 0 Å². The molecule has 0 bridgehead atoms. The van der Waals surface area contributed by atoms with E-state index in [1.54, 1.807) is 18.6 Å². The molecule has 0 atom stereocenters. The summed E-state index contributed by atoms with van der Waals surface area (Å²) in [7, 11) is 1.61. The number of methoxy groups -OCH3 is 1. The molecule has 1 fully saturated rings. The summed E-state index contributed by atoms with van der Waals surface area (Å²) in [6.07, 6.45) is 1.84. The van der Waals surface area contributed by atoms with Gasteiger partial charge in [-0.3, -0.25) is 14.3 Å². The molecule has 0 aliphatic carbocycles. The monoisotopic (exact) mass is 476 g/mol. The molecule has 1 saturated heterocycles. The lowest BCUT2D eigenvalue weighted by atomic mass is 10.2. The second-order valence-electron chi connectivity index (χ2n) is 8.55. The highest BCUT2D eigenvalue weighted by Gasteiger charge is 2.21.